The number of nitrogens with zero attached hydrogens (tertiary/aromatic N) is 2. The molecule has 0 unspecified atom stereocenters. The van der Waals surface area contributed by atoms with E-state index in [1.807, 2.05) is 30.3 Å². The summed E-state index contributed by atoms with van der Waals surface area (Å²) in [7, 11) is 0. The molecule has 1 aromatic carbocycles. The number of hydrazone groups is 1. The predicted molar refractivity (Wildman–Crippen MR) is 67.6 cm³/mol. The van der Waals surface area contributed by atoms with Crippen LogP contribution in [0.2, 0.25) is 0 Å². The highest BCUT2D eigenvalue weighted by Gasteiger charge is 2.06. The van der Waals surface area contributed by atoms with E-state index in [0.29, 0.717) is 6.54 Å². The molecule has 0 saturated carbocycles. The first-order chi connectivity index (χ1) is 8.13. The van der Waals surface area contributed by atoms with Crippen LogP contribution in [0.1, 0.15) is 12.0 Å². The minimum atomic E-state index is -0.288. The Morgan fingerprint density at radius 2 is 2.06 bits per heavy atom. The molecule has 17 heavy (non-hydrogen) atoms. The highest BCUT2D eigenvalue weighted by Crippen LogP contribution is 2.01. The Morgan fingerprint density at radius 3 is 2.65 bits per heavy atom. The summed E-state index contributed by atoms with van der Waals surface area (Å²) in [6.45, 7) is 3.85. The minimum Gasteiger partial charge on any atom is -0.379 e. The molecule has 0 aliphatic rings. The highest BCUT2D eigenvalue weighted by molar-refractivity contribution is 6.38. The van der Waals surface area contributed by atoms with Crippen molar-refractivity contribution >= 4 is 11.6 Å². The molecule has 5 nitrogen and oxygen atoms in total. The van der Waals surface area contributed by atoms with Gasteiger partial charge in [0.05, 0.1) is 6.54 Å². The summed E-state index contributed by atoms with van der Waals surface area (Å²) in [6.07, 6.45) is 1.64. The lowest BCUT2D eigenvalue weighted by molar-refractivity contribution is -0.112. The van der Waals surface area contributed by atoms with Gasteiger partial charge in [-0.15, -0.1) is 11.7 Å². The zero-order valence-corrected chi connectivity index (χ0v) is 9.54. The van der Waals surface area contributed by atoms with Gasteiger partial charge in [-0.2, -0.15) is 0 Å². The maximum atomic E-state index is 11.3. The molecule has 0 atom stereocenters. The van der Waals surface area contributed by atoms with Crippen LogP contribution >= 0.6 is 0 Å². The van der Waals surface area contributed by atoms with Crippen LogP contribution in [0.15, 0.2) is 48.1 Å². The fourth-order valence-corrected chi connectivity index (χ4v) is 1.24. The van der Waals surface area contributed by atoms with Gasteiger partial charge in [-0.1, -0.05) is 36.4 Å². The largest absolute Gasteiger partial charge is 0.379 e. The van der Waals surface area contributed by atoms with Crippen LogP contribution in [0.3, 0.4) is 0 Å². The number of rotatable bonds is 6. The summed E-state index contributed by atoms with van der Waals surface area (Å²) in [6, 6.07) is 9.54. The van der Waals surface area contributed by atoms with Crippen LogP contribution in [0.4, 0.5) is 0 Å². The van der Waals surface area contributed by atoms with E-state index in [1.165, 1.54) is 6.08 Å². The summed E-state index contributed by atoms with van der Waals surface area (Å²) in [5.74, 6) is 5.23. The third-order valence-electron chi connectivity index (χ3n) is 2.04. The fourth-order valence-electron chi connectivity index (χ4n) is 1.24. The van der Waals surface area contributed by atoms with Gasteiger partial charge < -0.3 is 5.73 Å². The van der Waals surface area contributed by atoms with Crippen LogP contribution in [0.25, 0.3) is 0 Å². The van der Waals surface area contributed by atoms with Crippen molar-refractivity contribution in [3.63, 3.8) is 0 Å². The Balaban J connectivity index is 2.59. The number of benzene rings is 1. The first-order valence-electron chi connectivity index (χ1n) is 5.18. The quantitative estimate of drug-likeness (QED) is 0.249. The molecule has 0 heterocycles. The summed E-state index contributed by atoms with van der Waals surface area (Å²) < 4.78 is 0. The van der Waals surface area contributed by atoms with Gasteiger partial charge in [0.1, 0.15) is 0 Å². The standard InChI is InChI=1S/C12H16N4O/c1-2-6-11(17)12(13)15-16(14)9-10-7-4-3-5-8-10/h2-5,7-8H,1,6,9,14H2,(H2,13,15). The van der Waals surface area contributed by atoms with Gasteiger partial charge in [0.25, 0.3) is 0 Å². The zero-order chi connectivity index (χ0) is 12.7. The van der Waals surface area contributed by atoms with Crippen molar-refractivity contribution in [3.8, 4) is 0 Å². The van der Waals surface area contributed by atoms with Gasteiger partial charge in [0.15, 0.2) is 5.84 Å². The molecule has 0 aliphatic carbocycles. The molecule has 5 heteroatoms. The molecule has 0 amide bonds. The van der Waals surface area contributed by atoms with Gasteiger partial charge in [-0.05, 0) is 5.56 Å². The van der Waals surface area contributed by atoms with Gasteiger partial charge in [-0.3, -0.25) is 4.79 Å². The summed E-state index contributed by atoms with van der Waals surface area (Å²) in [4.78, 5) is 11.3. The third kappa shape index (κ3) is 4.48. The van der Waals surface area contributed by atoms with E-state index in [0.717, 1.165) is 10.7 Å². The third-order valence-corrected chi connectivity index (χ3v) is 2.04. The number of carbonyl (C=O) groups is 1. The second-order valence-corrected chi connectivity index (χ2v) is 3.48. The molecular formula is C12H16N4O. The van der Waals surface area contributed by atoms with Crippen LogP contribution in [0, 0.1) is 0 Å². The summed E-state index contributed by atoms with van der Waals surface area (Å²) >= 11 is 0. The van der Waals surface area contributed by atoms with E-state index in [4.69, 9.17) is 11.6 Å². The van der Waals surface area contributed by atoms with Crippen molar-refractivity contribution in [2.75, 3.05) is 0 Å². The van der Waals surface area contributed by atoms with Crippen LogP contribution in [0.5, 0.6) is 0 Å². The lowest BCUT2D eigenvalue weighted by Crippen LogP contribution is -2.32. The number of hydrogen-bond acceptors (Lipinski definition) is 4. The molecule has 4 N–H and O–H groups in total. The second-order valence-electron chi connectivity index (χ2n) is 3.48. The Bertz CT molecular complexity index is 414. The number of amidine groups is 1. The van der Waals surface area contributed by atoms with Gasteiger partial charge in [0.2, 0.25) is 5.78 Å². The number of Topliss-reactive ketones (excluding diaryl/α,β-unsaturated/α-hetero) is 1. The van der Waals surface area contributed by atoms with Gasteiger partial charge >= 0.3 is 0 Å². The highest BCUT2D eigenvalue weighted by atomic mass is 16.1. The van der Waals surface area contributed by atoms with E-state index in [9.17, 15) is 4.79 Å². The van der Waals surface area contributed by atoms with Crippen molar-refractivity contribution in [3.05, 3.63) is 48.6 Å². The van der Waals surface area contributed by atoms with E-state index in [2.05, 4.69) is 11.7 Å². The maximum absolute atomic E-state index is 11.3. The molecule has 1 rings (SSSR count). The Morgan fingerprint density at radius 1 is 1.41 bits per heavy atom. The molecule has 0 aliphatic heterocycles. The predicted octanol–water partition coefficient (Wildman–Crippen LogP) is 0.780. The molecule has 0 bridgehead atoms. The van der Waals surface area contributed by atoms with Crippen molar-refractivity contribution in [1.29, 1.82) is 0 Å². The van der Waals surface area contributed by atoms with Crippen molar-refractivity contribution < 1.29 is 4.79 Å². The number of nitrogens with two attached hydrogens (primary N) is 2. The average Bonchev–Trinajstić information content (AvgIpc) is 2.30. The van der Waals surface area contributed by atoms with Crippen LogP contribution in [-0.4, -0.2) is 16.7 Å². The SMILES string of the molecule is C=CCC(=O)/C(N)=N/N(N)Cc1ccccc1. The number of hydrogen-bond donors (Lipinski definition) is 2. The van der Waals surface area contributed by atoms with E-state index < -0.39 is 0 Å². The monoisotopic (exact) mass is 232 g/mol. The zero-order valence-electron chi connectivity index (χ0n) is 9.54. The first kappa shape index (κ1) is 12.9. The summed E-state index contributed by atoms with van der Waals surface area (Å²) in [5.41, 5.74) is 6.48. The van der Waals surface area contributed by atoms with Crippen molar-refractivity contribution in [2.24, 2.45) is 16.7 Å². The summed E-state index contributed by atoms with van der Waals surface area (Å²) in [5, 5.41) is 4.94. The topological polar surface area (TPSA) is 84.7 Å². The first-order valence-corrected chi connectivity index (χ1v) is 5.18. The van der Waals surface area contributed by atoms with Crippen molar-refractivity contribution in [1.82, 2.24) is 5.12 Å². The molecule has 0 radical (unpaired) electrons. The van der Waals surface area contributed by atoms with Gasteiger partial charge in [0, 0.05) is 6.42 Å². The Kier molecular flexibility index (Phi) is 4.90. The number of allylic oxidation sites excluding steroid dienone is 1. The van der Waals surface area contributed by atoms with E-state index in [1.54, 1.807) is 0 Å². The minimum absolute atomic E-state index is 0.108. The Hall–Kier alpha value is -2.14. The lowest BCUT2D eigenvalue weighted by Gasteiger charge is -2.12. The molecule has 0 spiro atoms. The van der Waals surface area contributed by atoms with E-state index >= 15 is 0 Å². The molecular weight excluding hydrogens is 216 g/mol. The van der Waals surface area contributed by atoms with Crippen molar-refractivity contribution in [2.45, 2.75) is 13.0 Å². The molecule has 0 aromatic heterocycles. The molecule has 1 aromatic rings. The number of ketones is 1. The number of hydrazine groups is 1. The van der Waals surface area contributed by atoms with E-state index in [-0.39, 0.29) is 18.0 Å². The average molecular weight is 232 g/mol. The Labute approximate surface area is 100 Å². The maximum Gasteiger partial charge on any atom is 0.203 e. The molecule has 0 saturated heterocycles. The molecule has 0 fully saturated rings. The second kappa shape index (κ2) is 6.44. The molecule has 90 valence electrons. The van der Waals surface area contributed by atoms with Crippen LogP contribution < -0.4 is 11.6 Å². The van der Waals surface area contributed by atoms with Crippen LogP contribution in [-0.2, 0) is 11.3 Å². The fraction of sp³-hybridized carbons (Fsp3) is 0.167. The normalized spacial score (nSPS) is 11.0. The van der Waals surface area contributed by atoms with Gasteiger partial charge in [-0.25, -0.2) is 11.0 Å². The lowest BCUT2D eigenvalue weighted by atomic mass is 10.2. The number of carbonyl (C=O) groups excluding carboxylic acids is 1. The smallest absolute Gasteiger partial charge is 0.203 e.